The van der Waals surface area contributed by atoms with Gasteiger partial charge in [-0.2, -0.15) is 5.10 Å². The van der Waals surface area contributed by atoms with Crippen LogP contribution in [0.4, 0.5) is 5.82 Å². The summed E-state index contributed by atoms with van der Waals surface area (Å²) in [7, 11) is 1.59. The summed E-state index contributed by atoms with van der Waals surface area (Å²) in [6, 6.07) is 7.29. The van der Waals surface area contributed by atoms with Crippen molar-refractivity contribution < 1.29 is 14.3 Å². The fourth-order valence-electron chi connectivity index (χ4n) is 3.85. The second-order valence-corrected chi connectivity index (χ2v) is 7.25. The summed E-state index contributed by atoms with van der Waals surface area (Å²) < 4.78 is 6.92. The van der Waals surface area contributed by atoms with E-state index in [4.69, 9.17) is 16.2 Å². The van der Waals surface area contributed by atoms with E-state index in [2.05, 4.69) is 16.9 Å². The van der Waals surface area contributed by atoms with Gasteiger partial charge in [0.25, 0.3) is 11.8 Å². The maximum atomic E-state index is 12.1. The van der Waals surface area contributed by atoms with E-state index in [0.717, 1.165) is 31.2 Å². The van der Waals surface area contributed by atoms with E-state index in [0.29, 0.717) is 24.5 Å². The van der Waals surface area contributed by atoms with Gasteiger partial charge < -0.3 is 21.1 Å². The second-order valence-electron chi connectivity index (χ2n) is 7.25. The van der Waals surface area contributed by atoms with Crippen molar-refractivity contribution in [3.05, 3.63) is 29.8 Å². The Kier molecular flexibility index (Phi) is 6.62. The number of rotatable bonds is 4. The number of nitrogen functional groups attached to an aromatic ring is 1. The van der Waals surface area contributed by atoms with E-state index in [1.165, 1.54) is 0 Å². The Bertz CT molecular complexity index is 975. The van der Waals surface area contributed by atoms with Crippen molar-refractivity contribution in [3.63, 3.8) is 0 Å². The van der Waals surface area contributed by atoms with Crippen LogP contribution in [0.2, 0.25) is 0 Å². The highest BCUT2D eigenvalue weighted by molar-refractivity contribution is 6.03. The van der Waals surface area contributed by atoms with Gasteiger partial charge in [0.15, 0.2) is 0 Å². The molecule has 2 aromatic rings. The zero-order valence-corrected chi connectivity index (χ0v) is 17.4. The number of primary amides is 1. The molecule has 1 saturated heterocycles. The lowest BCUT2D eigenvalue weighted by atomic mass is 10.0. The van der Waals surface area contributed by atoms with Crippen molar-refractivity contribution in [1.29, 1.82) is 0 Å². The molecule has 1 fully saturated rings. The molecule has 3 rings (SSSR count). The molecule has 0 atom stereocenters. The summed E-state index contributed by atoms with van der Waals surface area (Å²) >= 11 is 0. The van der Waals surface area contributed by atoms with E-state index >= 15 is 0 Å². The van der Waals surface area contributed by atoms with Crippen molar-refractivity contribution in [1.82, 2.24) is 14.7 Å². The molecular formula is C22H27N5O3. The Morgan fingerprint density at radius 2 is 1.80 bits per heavy atom. The Labute approximate surface area is 176 Å². The van der Waals surface area contributed by atoms with Gasteiger partial charge in [-0.15, -0.1) is 0 Å². The molecule has 0 saturated carbocycles. The minimum Gasteiger partial charge on any atom is -0.497 e. The Morgan fingerprint density at radius 3 is 2.33 bits per heavy atom. The first kappa shape index (κ1) is 21.2. The fourth-order valence-corrected chi connectivity index (χ4v) is 3.85. The minimum absolute atomic E-state index is 0.0320. The largest absolute Gasteiger partial charge is 0.497 e. The van der Waals surface area contributed by atoms with Gasteiger partial charge in [0.2, 0.25) is 0 Å². The van der Waals surface area contributed by atoms with Gasteiger partial charge >= 0.3 is 0 Å². The first-order valence-corrected chi connectivity index (χ1v) is 10.00. The van der Waals surface area contributed by atoms with E-state index in [-0.39, 0.29) is 23.3 Å². The van der Waals surface area contributed by atoms with Crippen molar-refractivity contribution in [2.24, 2.45) is 5.73 Å². The Hall–Kier alpha value is -3.47. The van der Waals surface area contributed by atoms with Crippen molar-refractivity contribution in [3.8, 4) is 28.8 Å². The number of carbonyl (C=O) groups excluding carboxylic acids is 2. The van der Waals surface area contributed by atoms with Gasteiger partial charge in [0.05, 0.1) is 13.2 Å². The molecule has 0 spiro atoms. The highest BCUT2D eigenvalue weighted by Crippen LogP contribution is 2.33. The van der Waals surface area contributed by atoms with Crippen LogP contribution < -0.4 is 16.2 Å². The van der Waals surface area contributed by atoms with E-state index in [1.54, 1.807) is 35.7 Å². The van der Waals surface area contributed by atoms with Gasteiger partial charge in [-0.1, -0.05) is 5.92 Å². The standard InChI is InChI=1S/C22H27N5O3/c1-3-6-18(28)26-13-4-7-16(8-5-14-26)27-21(23)19(22(24)29)20(25-27)15-9-11-17(30-2)12-10-15/h9-12,16H,4-5,7-8,13-14,23H2,1-2H3,(H2,24,29). The summed E-state index contributed by atoms with van der Waals surface area (Å²) in [5, 5.41) is 4.68. The van der Waals surface area contributed by atoms with Crippen molar-refractivity contribution >= 4 is 17.6 Å². The maximum Gasteiger partial charge on any atom is 0.298 e. The summed E-state index contributed by atoms with van der Waals surface area (Å²) in [4.78, 5) is 26.0. The second kappa shape index (κ2) is 9.35. The number of likely N-dealkylation sites (tertiary alicyclic amines) is 1. The normalized spacial score (nSPS) is 14.9. The number of anilines is 1. The van der Waals surface area contributed by atoms with Gasteiger partial charge in [-0.05, 0) is 62.8 Å². The molecule has 2 heterocycles. The van der Waals surface area contributed by atoms with Crippen LogP contribution in [0, 0.1) is 11.8 Å². The molecule has 1 aliphatic rings. The van der Waals surface area contributed by atoms with E-state index < -0.39 is 5.91 Å². The predicted octanol–water partition coefficient (Wildman–Crippen LogP) is 2.21. The molecule has 1 aliphatic heterocycles. The molecule has 0 bridgehead atoms. The summed E-state index contributed by atoms with van der Waals surface area (Å²) in [6.07, 6.45) is 3.17. The molecule has 0 radical (unpaired) electrons. The monoisotopic (exact) mass is 409 g/mol. The van der Waals surface area contributed by atoms with Crippen LogP contribution in [0.3, 0.4) is 0 Å². The molecule has 0 unspecified atom stereocenters. The number of hydrogen-bond acceptors (Lipinski definition) is 5. The average Bonchev–Trinajstić information content (AvgIpc) is 3.05. The van der Waals surface area contributed by atoms with Crippen LogP contribution in [0.15, 0.2) is 24.3 Å². The van der Waals surface area contributed by atoms with Crippen LogP contribution in [0.25, 0.3) is 11.3 Å². The number of benzene rings is 1. The smallest absolute Gasteiger partial charge is 0.298 e. The minimum atomic E-state index is -0.606. The molecule has 8 heteroatoms. The molecule has 2 amide bonds. The number of methoxy groups -OCH3 is 1. The average molecular weight is 409 g/mol. The summed E-state index contributed by atoms with van der Waals surface area (Å²) in [5.74, 6) is 5.52. The quantitative estimate of drug-likeness (QED) is 0.751. The number of nitrogens with zero attached hydrogens (tertiary/aromatic N) is 3. The summed E-state index contributed by atoms with van der Waals surface area (Å²) in [5.41, 5.74) is 13.4. The number of amides is 2. The van der Waals surface area contributed by atoms with Crippen molar-refractivity contribution in [2.45, 2.75) is 38.6 Å². The fraction of sp³-hybridized carbons (Fsp3) is 0.409. The first-order chi connectivity index (χ1) is 14.5. The van der Waals surface area contributed by atoms with E-state index in [9.17, 15) is 9.59 Å². The van der Waals surface area contributed by atoms with Gasteiger partial charge in [0.1, 0.15) is 22.8 Å². The van der Waals surface area contributed by atoms with Crippen LogP contribution in [-0.2, 0) is 4.79 Å². The molecule has 30 heavy (non-hydrogen) atoms. The zero-order chi connectivity index (χ0) is 21.7. The Balaban J connectivity index is 1.86. The molecule has 8 nitrogen and oxygen atoms in total. The SMILES string of the molecule is CC#CC(=O)N1CCCC(n2nc(-c3ccc(OC)cc3)c(C(N)=O)c2N)CCC1. The van der Waals surface area contributed by atoms with E-state index in [1.807, 2.05) is 12.1 Å². The topological polar surface area (TPSA) is 116 Å². The number of ether oxygens (including phenoxy) is 1. The first-order valence-electron chi connectivity index (χ1n) is 10.00. The number of carbonyl (C=O) groups is 2. The highest BCUT2D eigenvalue weighted by Gasteiger charge is 2.26. The van der Waals surface area contributed by atoms with Crippen LogP contribution in [0.5, 0.6) is 5.75 Å². The van der Waals surface area contributed by atoms with Gasteiger partial charge in [0, 0.05) is 18.7 Å². The molecular weight excluding hydrogens is 382 g/mol. The van der Waals surface area contributed by atoms with Crippen molar-refractivity contribution in [2.75, 3.05) is 25.9 Å². The number of aromatic nitrogens is 2. The predicted molar refractivity (Wildman–Crippen MR) is 115 cm³/mol. The van der Waals surface area contributed by atoms with Gasteiger partial charge in [-0.3, -0.25) is 9.59 Å². The lowest BCUT2D eigenvalue weighted by molar-refractivity contribution is -0.125. The maximum absolute atomic E-state index is 12.1. The molecule has 0 aliphatic carbocycles. The third-order valence-electron chi connectivity index (χ3n) is 5.35. The molecule has 4 N–H and O–H groups in total. The highest BCUT2D eigenvalue weighted by atomic mass is 16.5. The summed E-state index contributed by atoms with van der Waals surface area (Å²) in [6.45, 7) is 2.94. The number of nitrogens with two attached hydrogens (primary N) is 2. The number of hydrogen-bond donors (Lipinski definition) is 2. The third-order valence-corrected chi connectivity index (χ3v) is 5.35. The van der Waals surface area contributed by atoms with Crippen LogP contribution in [0.1, 0.15) is 49.0 Å². The molecule has 158 valence electrons. The molecule has 1 aromatic heterocycles. The van der Waals surface area contributed by atoms with Gasteiger partial charge in [-0.25, -0.2) is 4.68 Å². The Morgan fingerprint density at radius 1 is 1.17 bits per heavy atom. The van der Waals surface area contributed by atoms with Crippen LogP contribution >= 0.6 is 0 Å². The molecule has 1 aromatic carbocycles. The van der Waals surface area contributed by atoms with Crippen LogP contribution in [-0.4, -0.2) is 46.7 Å². The third kappa shape index (κ3) is 4.40. The zero-order valence-electron chi connectivity index (χ0n) is 17.4. The lowest BCUT2D eigenvalue weighted by Gasteiger charge is -2.27. The lowest BCUT2D eigenvalue weighted by Crippen LogP contribution is -2.34.